The summed E-state index contributed by atoms with van der Waals surface area (Å²) >= 11 is 5.91. The Kier molecular flexibility index (Phi) is 4.74. The van der Waals surface area contributed by atoms with Crippen LogP contribution in [0.5, 0.6) is 5.75 Å². The zero-order valence-electron chi connectivity index (χ0n) is 15.3. The second-order valence-electron chi connectivity index (χ2n) is 6.80. The van der Waals surface area contributed by atoms with Crippen LogP contribution in [0.1, 0.15) is 41.9 Å². The highest BCUT2D eigenvalue weighted by atomic mass is 35.5. The van der Waals surface area contributed by atoms with E-state index in [1.54, 1.807) is 51.1 Å². The first kappa shape index (κ1) is 19.0. The molecule has 3 aromatic rings. The van der Waals surface area contributed by atoms with Gasteiger partial charge in [0.25, 0.3) is 5.91 Å². The summed E-state index contributed by atoms with van der Waals surface area (Å²) in [7, 11) is 0. The van der Waals surface area contributed by atoms with Gasteiger partial charge in [-0.25, -0.2) is 0 Å². The molecule has 0 amide bonds. The molecule has 0 aliphatic rings. The maximum absolute atomic E-state index is 13.2. The van der Waals surface area contributed by atoms with Crippen LogP contribution in [0.15, 0.2) is 42.5 Å². The standard InChI is InChI=1S/C21H20ClNO4/c1-4-21(3,20(26)27)18-12(2)23(17-10-9-15(24)11-16(17)18)19(25)13-5-7-14(22)8-6-13/h5-11,24H,4H2,1-3H3,(H,26,27)/t21-/m0/s1. The fourth-order valence-corrected chi connectivity index (χ4v) is 3.65. The number of hydrogen-bond acceptors (Lipinski definition) is 3. The maximum Gasteiger partial charge on any atom is 0.313 e. The predicted octanol–water partition coefficient (Wildman–Crippen LogP) is 4.75. The van der Waals surface area contributed by atoms with Gasteiger partial charge in [0.1, 0.15) is 5.75 Å². The molecule has 1 atom stereocenters. The Balaban J connectivity index is 2.35. The minimum absolute atomic E-state index is 0.0173. The summed E-state index contributed by atoms with van der Waals surface area (Å²) in [6.07, 6.45) is 0.340. The molecular formula is C21H20ClNO4. The molecule has 2 aromatic carbocycles. The third kappa shape index (κ3) is 2.98. The molecule has 27 heavy (non-hydrogen) atoms. The van der Waals surface area contributed by atoms with E-state index in [4.69, 9.17) is 11.6 Å². The van der Waals surface area contributed by atoms with Gasteiger partial charge in [0.2, 0.25) is 0 Å². The first-order chi connectivity index (χ1) is 12.7. The molecule has 0 fully saturated rings. The summed E-state index contributed by atoms with van der Waals surface area (Å²) < 4.78 is 1.50. The SMILES string of the molecule is CC[C@](C)(C(=O)O)c1c(C)n(C(=O)c2ccc(Cl)cc2)c2ccc(O)cc12. The number of nitrogens with zero attached hydrogens (tertiary/aromatic N) is 1. The van der Waals surface area contributed by atoms with E-state index in [0.717, 1.165) is 0 Å². The number of benzene rings is 2. The lowest BCUT2D eigenvalue weighted by atomic mass is 9.78. The van der Waals surface area contributed by atoms with E-state index in [9.17, 15) is 19.8 Å². The first-order valence-electron chi connectivity index (χ1n) is 8.59. The van der Waals surface area contributed by atoms with E-state index in [-0.39, 0.29) is 11.7 Å². The molecule has 1 aromatic heterocycles. The number of phenols is 1. The quantitative estimate of drug-likeness (QED) is 0.679. The molecule has 0 aliphatic heterocycles. The fraction of sp³-hybridized carbons (Fsp3) is 0.238. The highest BCUT2D eigenvalue weighted by Crippen LogP contribution is 2.39. The minimum atomic E-state index is -1.19. The van der Waals surface area contributed by atoms with Gasteiger partial charge in [0.15, 0.2) is 0 Å². The summed E-state index contributed by atoms with van der Waals surface area (Å²) in [5.41, 5.74) is 0.878. The highest BCUT2D eigenvalue weighted by molar-refractivity contribution is 6.30. The molecule has 2 N–H and O–H groups in total. The number of aromatic nitrogens is 1. The number of aromatic hydroxyl groups is 1. The van der Waals surface area contributed by atoms with Crippen LogP contribution >= 0.6 is 11.6 Å². The summed E-state index contributed by atoms with van der Waals surface area (Å²) in [6.45, 7) is 5.16. The Morgan fingerprint density at radius 1 is 1.15 bits per heavy atom. The van der Waals surface area contributed by atoms with Crippen molar-refractivity contribution >= 4 is 34.4 Å². The van der Waals surface area contributed by atoms with E-state index < -0.39 is 11.4 Å². The molecule has 0 radical (unpaired) electrons. The lowest BCUT2D eigenvalue weighted by Gasteiger charge is -2.24. The normalized spacial score (nSPS) is 13.5. The molecule has 0 aliphatic carbocycles. The fourth-order valence-electron chi connectivity index (χ4n) is 3.52. The van der Waals surface area contributed by atoms with E-state index in [1.165, 1.54) is 16.7 Å². The first-order valence-corrected chi connectivity index (χ1v) is 8.96. The second kappa shape index (κ2) is 6.74. The topological polar surface area (TPSA) is 79.5 Å². The number of carboxylic acids is 1. The van der Waals surface area contributed by atoms with Crippen LogP contribution in [0.3, 0.4) is 0 Å². The molecular weight excluding hydrogens is 366 g/mol. The molecule has 6 heteroatoms. The average Bonchev–Trinajstić information content (AvgIpc) is 2.92. The van der Waals surface area contributed by atoms with Crippen LogP contribution in [0.2, 0.25) is 5.02 Å². The number of fused-ring (bicyclic) bond motifs is 1. The van der Waals surface area contributed by atoms with E-state index >= 15 is 0 Å². The number of carbonyl (C=O) groups excluding carboxylic acids is 1. The Labute approximate surface area is 161 Å². The third-order valence-electron chi connectivity index (χ3n) is 5.21. The van der Waals surface area contributed by atoms with Crippen LogP contribution in [0, 0.1) is 6.92 Å². The lowest BCUT2D eigenvalue weighted by molar-refractivity contribution is -0.143. The molecule has 0 saturated heterocycles. The molecule has 140 valence electrons. The van der Waals surface area contributed by atoms with Gasteiger partial charge in [-0.1, -0.05) is 18.5 Å². The Morgan fingerprint density at radius 3 is 2.33 bits per heavy atom. The summed E-state index contributed by atoms with van der Waals surface area (Å²) in [5, 5.41) is 20.9. The van der Waals surface area contributed by atoms with E-state index in [0.29, 0.717) is 39.2 Å². The van der Waals surface area contributed by atoms with E-state index in [2.05, 4.69) is 0 Å². The van der Waals surface area contributed by atoms with Gasteiger partial charge in [-0.3, -0.25) is 14.2 Å². The zero-order chi connectivity index (χ0) is 19.9. The Morgan fingerprint density at radius 2 is 1.78 bits per heavy atom. The largest absolute Gasteiger partial charge is 0.508 e. The van der Waals surface area contributed by atoms with Crippen LogP contribution < -0.4 is 0 Å². The van der Waals surface area contributed by atoms with Crippen molar-refractivity contribution in [1.82, 2.24) is 4.57 Å². The van der Waals surface area contributed by atoms with E-state index in [1.807, 2.05) is 0 Å². The number of carboxylic acid groups (broad SMARTS) is 1. The molecule has 0 unspecified atom stereocenters. The monoisotopic (exact) mass is 385 g/mol. The van der Waals surface area contributed by atoms with Gasteiger partial charge in [-0.2, -0.15) is 0 Å². The van der Waals surface area contributed by atoms with Gasteiger partial charge in [0.05, 0.1) is 10.9 Å². The third-order valence-corrected chi connectivity index (χ3v) is 5.46. The van der Waals surface area contributed by atoms with Crippen molar-refractivity contribution in [2.45, 2.75) is 32.6 Å². The average molecular weight is 386 g/mol. The number of halogens is 1. The molecule has 3 rings (SSSR count). The zero-order valence-corrected chi connectivity index (χ0v) is 16.0. The molecule has 5 nitrogen and oxygen atoms in total. The molecule has 1 heterocycles. The molecule has 0 spiro atoms. The molecule has 0 bridgehead atoms. The smallest absolute Gasteiger partial charge is 0.313 e. The Hall–Kier alpha value is -2.79. The number of phenolic OH excluding ortho intramolecular Hbond substituents is 1. The summed E-state index contributed by atoms with van der Waals surface area (Å²) in [5.74, 6) is -1.24. The van der Waals surface area contributed by atoms with Gasteiger partial charge >= 0.3 is 5.97 Å². The van der Waals surface area contributed by atoms with Crippen molar-refractivity contribution < 1.29 is 19.8 Å². The van der Waals surface area contributed by atoms with Gasteiger partial charge in [0, 0.05) is 21.7 Å². The van der Waals surface area contributed by atoms with Crippen molar-refractivity contribution in [3.8, 4) is 5.75 Å². The van der Waals surface area contributed by atoms with Crippen LogP contribution in [-0.2, 0) is 10.2 Å². The van der Waals surface area contributed by atoms with Crippen molar-refractivity contribution in [3.63, 3.8) is 0 Å². The van der Waals surface area contributed by atoms with Gasteiger partial charge in [-0.15, -0.1) is 0 Å². The summed E-state index contributed by atoms with van der Waals surface area (Å²) in [4.78, 5) is 25.2. The minimum Gasteiger partial charge on any atom is -0.508 e. The predicted molar refractivity (Wildman–Crippen MR) is 105 cm³/mol. The van der Waals surface area contributed by atoms with Crippen LogP contribution in [0.25, 0.3) is 10.9 Å². The van der Waals surface area contributed by atoms with Crippen LogP contribution in [-0.4, -0.2) is 26.7 Å². The van der Waals surface area contributed by atoms with Crippen molar-refractivity contribution in [2.24, 2.45) is 0 Å². The number of rotatable bonds is 4. The maximum atomic E-state index is 13.2. The van der Waals surface area contributed by atoms with Gasteiger partial charge < -0.3 is 10.2 Å². The Bertz CT molecular complexity index is 1050. The number of hydrogen-bond donors (Lipinski definition) is 2. The van der Waals surface area contributed by atoms with Gasteiger partial charge in [-0.05, 0) is 68.3 Å². The van der Waals surface area contributed by atoms with Crippen molar-refractivity contribution in [1.29, 1.82) is 0 Å². The van der Waals surface area contributed by atoms with Crippen molar-refractivity contribution in [3.05, 3.63) is 64.3 Å². The van der Waals surface area contributed by atoms with Crippen molar-refractivity contribution in [2.75, 3.05) is 0 Å². The number of aliphatic carboxylic acids is 1. The number of carbonyl (C=O) groups is 2. The summed E-state index contributed by atoms with van der Waals surface area (Å²) in [6, 6.07) is 11.2. The molecule has 0 saturated carbocycles. The second-order valence-corrected chi connectivity index (χ2v) is 7.24. The lowest BCUT2D eigenvalue weighted by Crippen LogP contribution is -2.32. The van der Waals surface area contributed by atoms with Crippen LogP contribution in [0.4, 0.5) is 0 Å². The highest BCUT2D eigenvalue weighted by Gasteiger charge is 2.39.